The van der Waals surface area contributed by atoms with Crippen molar-refractivity contribution in [1.29, 1.82) is 0 Å². The number of benzene rings is 1. The molecule has 0 radical (unpaired) electrons. The topological polar surface area (TPSA) is 136 Å². The zero-order valence-corrected chi connectivity index (χ0v) is 10.8. The summed E-state index contributed by atoms with van der Waals surface area (Å²) in [6.07, 6.45) is 0. The maximum Gasteiger partial charge on any atom is 0.323 e. The molecule has 0 heterocycles. The van der Waals surface area contributed by atoms with Gasteiger partial charge in [0, 0.05) is 18.2 Å². The van der Waals surface area contributed by atoms with E-state index in [-0.39, 0.29) is 12.1 Å². The Labute approximate surface area is 113 Å². The summed E-state index contributed by atoms with van der Waals surface area (Å²) >= 11 is 0. The van der Waals surface area contributed by atoms with Gasteiger partial charge < -0.3 is 5.11 Å². The van der Waals surface area contributed by atoms with Crippen LogP contribution in [0.2, 0.25) is 0 Å². The molecule has 20 heavy (non-hydrogen) atoms. The van der Waals surface area contributed by atoms with E-state index < -0.39 is 32.7 Å². The van der Waals surface area contributed by atoms with Crippen molar-refractivity contribution in [3.05, 3.63) is 44.0 Å². The molecular formula is C11H13N3O6. The molecule has 0 unspecified atom stereocenters. The van der Waals surface area contributed by atoms with Crippen molar-refractivity contribution in [3.63, 3.8) is 0 Å². The molecule has 0 aromatic heterocycles. The van der Waals surface area contributed by atoms with Crippen molar-refractivity contribution in [2.45, 2.75) is 25.9 Å². The molecule has 0 atom stereocenters. The molecule has 1 aromatic rings. The molecule has 0 aliphatic heterocycles. The van der Waals surface area contributed by atoms with Crippen LogP contribution in [-0.2, 0) is 11.3 Å². The van der Waals surface area contributed by atoms with Crippen LogP contribution in [-0.4, -0.2) is 26.5 Å². The Kier molecular flexibility index (Phi) is 4.35. The number of carboxylic acid groups (broad SMARTS) is 1. The molecule has 0 fully saturated rings. The van der Waals surface area contributed by atoms with Crippen LogP contribution < -0.4 is 5.32 Å². The second-order valence-corrected chi connectivity index (χ2v) is 4.61. The standard InChI is InChI=1S/C11H13N3O6/c1-11(2,10(15)16)12-6-7-3-4-8(13(17)18)5-9(7)14(19)20/h3-5,12H,6H2,1-2H3,(H,15,16). The second-order valence-electron chi connectivity index (χ2n) is 4.61. The molecule has 1 aromatic carbocycles. The Balaban J connectivity index is 3.04. The van der Waals surface area contributed by atoms with Crippen LogP contribution >= 0.6 is 0 Å². The Morgan fingerprint density at radius 3 is 2.35 bits per heavy atom. The van der Waals surface area contributed by atoms with Crippen LogP contribution in [0.15, 0.2) is 18.2 Å². The van der Waals surface area contributed by atoms with Gasteiger partial charge >= 0.3 is 5.97 Å². The third kappa shape index (κ3) is 3.48. The van der Waals surface area contributed by atoms with E-state index in [1.54, 1.807) is 0 Å². The Morgan fingerprint density at radius 1 is 1.30 bits per heavy atom. The lowest BCUT2D eigenvalue weighted by Crippen LogP contribution is -2.46. The van der Waals surface area contributed by atoms with E-state index in [0.717, 1.165) is 12.1 Å². The zero-order valence-electron chi connectivity index (χ0n) is 10.8. The summed E-state index contributed by atoms with van der Waals surface area (Å²) in [6.45, 7) is 2.73. The fraction of sp³-hybridized carbons (Fsp3) is 0.364. The number of nitrogens with zero attached hydrogens (tertiary/aromatic N) is 2. The van der Waals surface area contributed by atoms with E-state index in [1.165, 1.54) is 19.9 Å². The lowest BCUT2D eigenvalue weighted by atomic mass is 10.0. The van der Waals surface area contributed by atoms with Gasteiger partial charge in [0.25, 0.3) is 11.4 Å². The van der Waals surface area contributed by atoms with Gasteiger partial charge in [0.05, 0.1) is 15.9 Å². The number of nitro benzene ring substituents is 2. The van der Waals surface area contributed by atoms with E-state index in [4.69, 9.17) is 5.11 Å². The summed E-state index contributed by atoms with van der Waals surface area (Å²) in [5.74, 6) is -1.11. The fourth-order valence-corrected chi connectivity index (χ4v) is 1.38. The number of hydrogen-bond acceptors (Lipinski definition) is 6. The van der Waals surface area contributed by atoms with Gasteiger partial charge in [0.1, 0.15) is 5.54 Å². The van der Waals surface area contributed by atoms with E-state index in [2.05, 4.69) is 5.32 Å². The number of non-ortho nitro benzene ring substituents is 1. The molecular weight excluding hydrogens is 270 g/mol. The molecule has 0 spiro atoms. The molecule has 9 nitrogen and oxygen atoms in total. The highest BCUT2D eigenvalue weighted by Crippen LogP contribution is 2.25. The van der Waals surface area contributed by atoms with E-state index in [0.29, 0.717) is 0 Å². The minimum absolute atomic E-state index is 0.0897. The van der Waals surface area contributed by atoms with E-state index in [9.17, 15) is 25.0 Å². The number of carbonyl (C=O) groups is 1. The third-order valence-corrected chi connectivity index (χ3v) is 2.73. The van der Waals surface area contributed by atoms with Crippen LogP contribution in [0.25, 0.3) is 0 Å². The average molecular weight is 283 g/mol. The van der Waals surface area contributed by atoms with Gasteiger partial charge in [0.2, 0.25) is 0 Å². The van der Waals surface area contributed by atoms with Crippen molar-refractivity contribution in [1.82, 2.24) is 5.32 Å². The van der Waals surface area contributed by atoms with Gasteiger partial charge in [-0.3, -0.25) is 30.3 Å². The SMILES string of the molecule is CC(C)(NCc1ccc([N+](=O)[O-])cc1[N+](=O)[O-])C(=O)O. The highest BCUT2D eigenvalue weighted by molar-refractivity contribution is 5.77. The summed E-state index contributed by atoms with van der Waals surface area (Å²) in [4.78, 5) is 30.9. The summed E-state index contributed by atoms with van der Waals surface area (Å²) in [5.41, 5.74) is -1.91. The van der Waals surface area contributed by atoms with E-state index in [1.807, 2.05) is 0 Å². The van der Waals surface area contributed by atoms with Crippen LogP contribution in [0.1, 0.15) is 19.4 Å². The Morgan fingerprint density at radius 2 is 1.90 bits per heavy atom. The van der Waals surface area contributed by atoms with Crippen molar-refractivity contribution in [3.8, 4) is 0 Å². The van der Waals surface area contributed by atoms with Gasteiger partial charge in [0.15, 0.2) is 0 Å². The van der Waals surface area contributed by atoms with E-state index >= 15 is 0 Å². The molecule has 108 valence electrons. The van der Waals surface area contributed by atoms with Crippen LogP contribution in [0.4, 0.5) is 11.4 Å². The van der Waals surface area contributed by atoms with Crippen LogP contribution in [0, 0.1) is 20.2 Å². The van der Waals surface area contributed by atoms with Crippen LogP contribution in [0.3, 0.4) is 0 Å². The van der Waals surface area contributed by atoms with Crippen molar-refractivity contribution >= 4 is 17.3 Å². The van der Waals surface area contributed by atoms with Crippen molar-refractivity contribution in [2.75, 3.05) is 0 Å². The minimum atomic E-state index is -1.27. The largest absolute Gasteiger partial charge is 0.480 e. The smallest absolute Gasteiger partial charge is 0.323 e. The predicted molar refractivity (Wildman–Crippen MR) is 68.3 cm³/mol. The van der Waals surface area contributed by atoms with Gasteiger partial charge in [-0.25, -0.2) is 0 Å². The highest BCUT2D eigenvalue weighted by atomic mass is 16.6. The quantitative estimate of drug-likeness (QED) is 0.595. The number of aliphatic carboxylic acids is 1. The molecule has 0 amide bonds. The summed E-state index contributed by atoms with van der Waals surface area (Å²) in [6, 6.07) is 3.23. The maximum atomic E-state index is 10.9. The number of nitro groups is 2. The monoisotopic (exact) mass is 283 g/mol. The summed E-state index contributed by atoms with van der Waals surface area (Å²) in [7, 11) is 0. The van der Waals surface area contributed by atoms with Gasteiger partial charge in [-0.15, -0.1) is 0 Å². The first kappa shape index (κ1) is 15.5. The number of carboxylic acids is 1. The summed E-state index contributed by atoms with van der Waals surface area (Å²) in [5, 5.41) is 33.1. The van der Waals surface area contributed by atoms with Crippen LogP contribution in [0.5, 0.6) is 0 Å². The van der Waals surface area contributed by atoms with Gasteiger partial charge in [-0.05, 0) is 19.9 Å². The first-order chi connectivity index (χ1) is 9.15. The average Bonchev–Trinajstić information content (AvgIpc) is 2.35. The molecule has 0 bridgehead atoms. The maximum absolute atomic E-state index is 10.9. The van der Waals surface area contributed by atoms with Crippen molar-refractivity contribution < 1.29 is 19.7 Å². The molecule has 0 saturated heterocycles. The van der Waals surface area contributed by atoms with Crippen molar-refractivity contribution in [2.24, 2.45) is 0 Å². The normalized spacial score (nSPS) is 11.1. The molecule has 9 heteroatoms. The first-order valence-electron chi connectivity index (χ1n) is 5.55. The Hall–Kier alpha value is -2.55. The minimum Gasteiger partial charge on any atom is -0.480 e. The third-order valence-electron chi connectivity index (χ3n) is 2.73. The molecule has 0 aliphatic carbocycles. The fourth-order valence-electron chi connectivity index (χ4n) is 1.38. The molecule has 2 N–H and O–H groups in total. The number of hydrogen-bond donors (Lipinski definition) is 2. The zero-order chi connectivity index (χ0) is 15.5. The lowest BCUT2D eigenvalue weighted by molar-refractivity contribution is -0.394. The predicted octanol–water partition coefficient (Wildman–Crippen LogP) is 1.46. The molecule has 0 aliphatic rings. The number of rotatable bonds is 6. The second kappa shape index (κ2) is 5.61. The Bertz CT molecular complexity index is 569. The first-order valence-corrected chi connectivity index (χ1v) is 5.55. The highest BCUT2D eigenvalue weighted by Gasteiger charge is 2.27. The summed E-state index contributed by atoms with van der Waals surface area (Å²) < 4.78 is 0. The molecule has 0 saturated carbocycles. The van der Waals surface area contributed by atoms with Gasteiger partial charge in [-0.1, -0.05) is 0 Å². The molecule has 1 rings (SSSR count). The lowest BCUT2D eigenvalue weighted by Gasteiger charge is -2.20. The number of nitrogens with one attached hydrogen (secondary N) is 1. The van der Waals surface area contributed by atoms with Gasteiger partial charge in [-0.2, -0.15) is 0 Å².